The van der Waals surface area contributed by atoms with Crippen molar-refractivity contribution in [1.29, 1.82) is 0 Å². The fourth-order valence-corrected chi connectivity index (χ4v) is 0.668. The molecule has 1 rings (SSSR count). The predicted octanol–water partition coefficient (Wildman–Crippen LogP) is 1.72. The molecule has 0 saturated carbocycles. The van der Waals surface area contributed by atoms with E-state index in [1.165, 1.54) is 0 Å². The summed E-state index contributed by atoms with van der Waals surface area (Å²) in [6.07, 6.45) is 6.68. The maximum absolute atomic E-state index is 5.57. The summed E-state index contributed by atoms with van der Waals surface area (Å²) in [7, 11) is 0. The summed E-state index contributed by atoms with van der Waals surface area (Å²) in [4.78, 5) is 3.77. The van der Waals surface area contributed by atoms with E-state index in [4.69, 9.17) is 18.0 Å². The van der Waals surface area contributed by atoms with Crippen LogP contribution in [0.15, 0.2) is 18.3 Å². The van der Waals surface area contributed by atoms with Crippen LogP contribution in [0.1, 0.15) is 5.56 Å². The third-order valence-corrected chi connectivity index (χ3v) is 1.22. The SMILES string of the molecule is C#Cc1cccnc1Cl. The first kappa shape index (κ1) is 6.12. The van der Waals surface area contributed by atoms with Gasteiger partial charge in [0.1, 0.15) is 5.15 Å². The molecule has 1 nitrogen and oxygen atoms in total. The molecule has 1 aromatic heterocycles. The Labute approximate surface area is 58.7 Å². The van der Waals surface area contributed by atoms with Gasteiger partial charge < -0.3 is 0 Å². The van der Waals surface area contributed by atoms with E-state index >= 15 is 0 Å². The van der Waals surface area contributed by atoms with E-state index in [1.54, 1.807) is 18.3 Å². The van der Waals surface area contributed by atoms with Crippen LogP contribution in [-0.4, -0.2) is 4.98 Å². The van der Waals surface area contributed by atoms with Crippen LogP contribution in [0.25, 0.3) is 0 Å². The highest BCUT2D eigenvalue weighted by Crippen LogP contribution is 2.08. The number of hydrogen-bond acceptors (Lipinski definition) is 1. The molecule has 1 aromatic rings. The summed E-state index contributed by atoms with van der Waals surface area (Å²) < 4.78 is 0. The standard InChI is InChI=1S/C7H4ClN/c1-2-6-4-3-5-9-7(6)8/h1,3-5H. The molecular formula is C7H4ClN. The molecule has 0 fully saturated rings. The first-order valence-electron chi connectivity index (χ1n) is 2.41. The molecule has 9 heavy (non-hydrogen) atoms. The van der Waals surface area contributed by atoms with Crippen molar-refractivity contribution in [2.45, 2.75) is 0 Å². The zero-order valence-electron chi connectivity index (χ0n) is 4.63. The van der Waals surface area contributed by atoms with Crippen molar-refractivity contribution in [3.05, 3.63) is 29.0 Å². The van der Waals surface area contributed by atoms with E-state index in [0.717, 1.165) is 0 Å². The third-order valence-electron chi connectivity index (χ3n) is 0.915. The van der Waals surface area contributed by atoms with Crippen LogP contribution in [0.4, 0.5) is 0 Å². The molecule has 0 aliphatic heterocycles. The number of hydrogen-bond donors (Lipinski definition) is 0. The zero-order chi connectivity index (χ0) is 6.69. The summed E-state index contributed by atoms with van der Waals surface area (Å²) in [5.74, 6) is 2.40. The van der Waals surface area contributed by atoms with Gasteiger partial charge in [-0.15, -0.1) is 6.42 Å². The molecule has 0 aliphatic rings. The van der Waals surface area contributed by atoms with E-state index in [9.17, 15) is 0 Å². The monoisotopic (exact) mass is 137 g/mol. The van der Waals surface area contributed by atoms with Crippen LogP contribution in [0.5, 0.6) is 0 Å². The average Bonchev–Trinajstić information content (AvgIpc) is 1.89. The summed E-state index contributed by atoms with van der Waals surface area (Å²) in [6.45, 7) is 0. The highest BCUT2D eigenvalue weighted by Gasteiger charge is 1.92. The van der Waals surface area contributed by atoms with Gasteiger partial charge in [0.25, 0.3) is 0 Å². The molecule has 0 aliphatic carbocycles. The zero-order valence-corrected chi connectivity index (χ0v) is 5.39. The van der Waals surface area contributed by atoms with Gasteiger partial charge in [-0.3, -0.25) is 0 Å². The summed E-state index contributed by atoms with van der Waals surface area (Å²) in [5.41, 5.74) is 0.638. The maximum atomic E-state index is 5.57. The molecule has 0 N–H and O–H groups in total. The van der Waals surface area contributed by atoms with Gasteiger partial charge in [0.15, 0.2) is 0 Å². The Morgan fingerprint density at radius 2 is 2.44 bits per heavy atom. The largest absolute Gasteiger partial charge is 0.243 e. The molecule has 0 bridgehead atoms. The molecule has 44 valence electrons. The lowest BCUT2D eigenvalue weighted by Crippen LogP contribution is -1.77. The second-order valence-electron chi connectivity index (χ2n) is 1.49. The molecule has 0 saturated heterocycles. The number of aromatic nitrogens is 1. The van der Waals surface area contributed by atoms with Crippen molar-refractivity contribution in [1.82, 2.24) is 4.98 Å². The molecule has 1 heterocycles. The predicted molar refractivity (Wildman–Crippen MR) is 37.2 cm³/mol. The van der Waals surface area contributed by atoms with Gasteiger partial charge in [0, 0.05) is 6.20 Å². The van der Waals surface area contributed by atoms with E-state index in [2.05, 4.69) is 10.9 Å². The van der Waals surface area contributed by atoms with Gasteiger partial charge in [-0.25, -0.2) is 4.98 Å². The van der Waals surface area contributed by atoms with Gasteiger partial charge >= 0.3 is 0 Å². The number of terminal acetylenes is 1. The fraction of sp³-hybridized carbons (Fsp3) is 0. The van der Waals surface area contributed by atoms with Crippen molar-refractivity contribution in [3.63, 3.8) is 0 Å². The minimum absolute atomic E-state index is 0.389. The first-order valence-corrected chi connectivity index (χ1v) is 2.79. The van der Waals surface area contributed by atoms with Gasteiger partial charge in [0.2, 0.25) is 0 Å². The number of nitrogens with zero attached hydrogens (tertiary/aromatic N) is 1. The quantitative estimate of drug-likeness (QED) is 0.392. The highest BCUT2D eigenvalue weighted by atomic mass is 35.5. The summed E-state index contributed by atoms with van der Waals surface area (Å²) in [6, 6.07) is 3.50. The molecule has 0 aromatic carbocycles. The van der Waals surface area contributed by atoms with Gasteiger partial charge in [-0.1, -0.05) is 17.5 Å². The van der Waals surface area contributed by atoms with E-state index in [-0.39, 0.29) is 0 Å². The molecule has 0 spiro atoms. The van der Waals surface area contributed by atoms with Crippen molar-refractivity contribution < 1.29 is 0 Å². The minimum atomic E-state index is 0.389. The van der Waals surface area contributed by atoms with Crippen LogP contribution in [0.3, 0.4) is 0 Å². The second kappa shape index (κ2) is 2.52. The summed E-state index contributed by atoms with van der Waals surface area (Å²) >= 11 is 5.57. The van der Waals surface area contributed by atoms with E-state index in [0.29, 0.717) is 10.7 Å². The lowest BCUT2D eigenvalue weighted by Gasteiger charge is -1.89. The van der Waals surface area contributed by atoms with Crippen molar-refractivity contribution in [3.8, 4) is 12.3 Å². The Morgan fingerprint density at radius 3 is 2.89 bits per heavy atom. The maximum Gasteiger partial charge on any atom is 0.144 e. The van der Waals surface area contributed by atoms with Gasteiger partial charge in [-0.2, -0.15) is 0 Å². The van der Waals surface area contributed by atoms with Gasteiger partial charge in [-0.05, 0) is 12.1 Å². The van der Waals surface area contributed by atoms with Crippen LogP contribution < -0.4 is 0 Å². The van der Waals surface area contributed by atoms with E-state index < -0.39 is 0 Å². The van der Waals surface area contributed by atoms with Crippen molar-refractivity contribution in [2.24, 2.45) is 0 Å². The molecule has 0 amide bonds. The lowest BCUT2D eigenvalue weighted by atomic mass is 10.3. The molecule has 0 unspecified atom stereocenters. The average molecular weight is 138 g/mol. The Kier molecular flexibility index (Phi) is 1.72. The lowest BCUT2D eigenvalue weighted by molar-refractivity contribution is 1.31. The van der Waals surface area contributed by atoms with Crippen molar-refractivity contribution >= 4 is 11.6 Å². The van der Waals surface area contributed by atoms with E-state index in [1.807, 2.05) is 0 Å². The third kappa shape index (κ3) is 1.22. The summed E-state index contributed by atoms with van der Waals surface area (Å²) in [5, 5.41) is 0.389. The first-order chi connectivity index (χ1) is 4.34. The second-order valence-corrected chi connectivity index (χ2v) is 1.84. The number of halogens is 1. The Hall–Kier alpha value is -1.00. The molecule has 0 radical (unpaired) electrons. The smallest absolute Gasteiger partial charge is 0.144 e. The Morgan fingerprint density at radius 1 is 1.67 bits per heavy atom. The highest BCUT2D eigenvalue weighted by molar-refractivity contribution is 6.30. The van der Waals surface area contributed by atoms with Crippen LogP contribution >= 0.6 is 11.6 Å². The van der Waals surface area contributed by atoms with Crippen LogP contribution in [0.2, 0.25) is 5.15 Å². The Balaban J connectivity index is 3.20. The topological polar surface area (TPSA) is 12.9 Å². The van der Waals surface area contributed by atoms with Crippen molar-refractivity contribution in [2.75, 3.05) is 0 Å². The normalized spacial score (nSPS) is 8.44. The molecule has 2 heteroatoms. The fourth-order valence-electron chi connectivity index (χ4n) is 0.494. The number of pyridine rings is 1. The Bertz CT molecular complexity index is 249. The van der Waals surface area contributed by atoms with Crippen LogP contribution in [0, 0.1) is 12.3 Å². The molecular weight excluding hydrogens is 134 g/mol. The number of rotatable bonds is 0. The van der Waals surface area contributed by atoms with Crippen LogP contribution in [-0.2, 0) is 0 Å². The molecule has 0 atom stereocenters. The van der Waals surface area contributed by atoms with Gasteiger partial charge in [0.05, 0.1) is 5.56 Å². The minimum Gasteiger partial charge on any atom is -0.243 e.